The summed E-state index contributed by atoms with van der Waals surface area (Å²) >= 11 is 0. The normalized spacial score (nSPS) is 23.7. The van der Waals surface area contributed by atoms with Gasteiger partial charge in [-0.05, 0) is 32.8 Å². The number of carboxylic acids is 1. The zero-order chi connectivity index (χ0) is 13.2. The van der Waals surface area contributed by atoms with Gasteiger partial charge in [0.1, 0.15) is 5.56 Å². The minimum atomic E-state index is -0.967. The second kappa shape index (κ2) is 4.94. The SMILES string of the molecule is Cc1cc(NC2(C)CCCOC2)c(C(=O)O)cn1. The third kappa shape index (κ3) is 2.79. The predicted molar refractivity (Wildman–Crippen MR) is 68.0 cm³/mol. The molecule has 5 heteroatoms. The average Bonchev–Trinajstić information content (AvgIpc) is 2.28. The van der Waals surface area contributed by atoms with Gasteiger partial charge in [0.25, 0.3) is 0 Å². The Morgan fingerprint density at radius 1 is 1.61 bits per heavy atom. The van der Waals surface area contributed by atoms with Gasteiger partial charge < -0.3 is 15.2 Å². The second-order valence-electron chi connectivity index (χ2n) is 5.02. The molecule has 1 unspecified atom stereocenters. The number of carbonyl (C=O) groups is 1. The van der Waals surface area contributed by atoms with Gasteiger partial charge in [0.2, 0.25) is 0 Å². The molecule has 18 heavy (non-hydrogen) atoms. The highest BCUT2D eigenvalue weighted by molar-refractivity contribution is 5.94. The van der Waals surface area contributed by atoms with Crippen LogP contribution in [0.3, 0.4) is 0 Å². The van der Waals surface area contributed by atoms with E-state index in [2.05, 4.69) is 10.3 Å². The number of nitrogens with one attached hydrogen (secondary N) is 1. The van der Waals surface area contributed by atoms with Crippen LogP contribution in [-0.2, 0) is 4.74 Å². The molecule has 2 N–H and O–H groups in total. The van der Waals surface area contributed by atoms with Crippen LogP contribution in [0.1, 0.15) is 35.8 Å². The summed E-state index contributed by atoms with van der Waals surface area (Å²) in [5, 5.41) is 12.5. The van der Waals surface area contributed by atoms with Gasteiger partial charge in [-0.2, -0.15) is 0 Å². The van der Waals surface area contributed by atoms with Crippen molar-refractivity contribution in [3.63, 3.8) is 0 Å². The van der Waals surface area contributed by atoms with E-state index >= 15 is 0 Å². The van der Waals surface area contributed by atoms with Crippen molar-refractivity contribution in [3.8, 4) is 0 Å². The molecule has 0 radical (unpaired) electrons. The number of hydrogen-bond acceptors (Lipinski definition) is 4. The Balaban J connectivity index is 2.26. The maximum absolute atomic E-state index is 11.2. The van der Waals surface area contributed by atoms with Gasteiger partial charge in [0.05, 0.1) is 17.8 Å². The van der Waals surface area contributed by atoms with E-state index in [1.807, 2.05) is 13.8 Å². The summed E-state index contributed by atoms with van der Waals surface area (Å²) < 4.78 is 5.46. The van der Waals surface area contributed by atoms with Gasteiger partial charge in [0, 0.05) is 18.5 Å². The lowest BCUT2D eigenvalue weighted by molar-refractivity contribution is 0.0538. The molecule has 5 nitrogen and oxygen atoms in total. The zero-order valence-electron chi connectivity index (χ0n) is 10.7. The molecule has 0 aromatic carbocycles. The topological polar surface area (TPSA) is 71.5 Å². The minimum absolute atomic E-state index is 0.201. The van der Waals surface area contributed by atoms with Crippen LogP contribution in [0, 0.1) is 6.92 Å². The molecule has 1 atom stereocenters. The summed E-state index contributed by atoms with van der Waals surface area (Å²) in [4.78, 5) is 15.2. The van der Waals surface area contributed by atoms with Gasteiger partial charge in [-0.3, -0.25) is 4.98 Å². The first-order valence-corrected chi connectivity index (χ1v) is 6.06. The van der Waals surface area contributed by atoms with Crippen molar-refractivity contribution in [2.45, 2.75) is 32.2 Å². The standard InChI is InChI=1S/C13H18N2O3/c1-9-6-11(10(7-14-9)12(16)17)15-13(2)4-3-5-18-8-13/h6-7H,3-5,8H2,1-2H3,(H,14,15)(H,16,17). The zero-order valence-corrected chi connectivity index (χ0v) is 10.7. The maximum atomic E-state index is 11.2. The minimum Gasteiger partial charge on any atom is -0.478 e. The van der Waals surface area contributed by atoms with Crippen LogP contribution in [0.2, 0.25) is 0 Å². The van der Waals surface area contributed by atoms with Crippen LogP contribution < -0.4 is 5.32 Å². The van der Waals surface area contributed by atoms with Crippen LogP contribution in [0.5, 0.6) is 0 Å². The molecule has 1 aliphatic heterocycles. The van der Waals surface area contributed by atoms with E-state index in [-0.39, 0.29) is 11.1 Å². The molecular formula is C13H18N2O3. The van der Waals surface area contributed by atoms with Crippen molar-refractivity contribution in [1.82, 2.24) is 4.98 Å². The number of hydrogen-bond donors (Lipinski definition) is 2. The Morgan fingerprint density at radius 3 is 3.00 bits per heavy atom. The molecule has 1 aromatic rings. The highest BCUT2D eigenvalue weighted by atomic mass is 16.5. The van der Waals surface area contributed by atoms with E-state index in [4.69, 9.17) is 9.84 Å². The lowest BCUT2D eigenvalue weighted by Gasteiger charge is -2.35. The number of pyridine rings is 1. The molecule has 0 aliphatic carbocycles. The first-order valence-electron chi connectivity index (χ1n) is 6.06. The second-order valence-corrected chi connectivity index (χ2v) is 5.02. The fourth-order valence-electron chi connectivity index (χ4n) is 2.19. The van der Waals surface area contributed by atoms with Gasteiger partial charge >= 0.3 is 5.97 Å². The molecule has 98 valence electrons. The molecule has 0 saturated carbocycles. The van der Waals surface area contributed by atoms with Crippen LogP contribution in [0.15, 0.2) is 12.3 Å². The largest absolute Gasteiger partial charge is 0.478 e. The maximum Gasteiger partial charge on any atom is 0.339 e. The molecule has 1 fully saturated rings. The van der Waals surface area contributed by atoms with Crippen molar-refractivity contribution >= 4 is 11.7 Å². The Kier molecular flexibility index (Phi) is 3.52. The van der Waals surface area contributed by atoms with E-state index in [0.717, 1.165) is 25.1 Å². The summed E-state index contributed by atoms with van der Waals surface area (Å²) in [6.45, 7) is 5.26. The molecule has 0 spiro atoms. The molecule has 0 amide bonds. The summed E-state index contributed by atoms with van der Waals surface area (Å²) in [6, 6.07) is 1.77. The first kappa shape index (κ1) is 12.8. The smallest absolute Gasteiger partial charge is 0.339 e. The van der Waals surface area contributed by atoms with Crippen molar-refractivity contribution in [2.24, 2.45) is 0 Å². The van der Waals surface area contributed by atoms with Gasteiger partial charge in [-0.1, -0.05) is 0 Å². The van der Waals surface area contributed by atoms with Gasteiger partial charge in [-0.25, -0.2) is 4.79 Å². The molecule has 1 saturated heterocycles. The molecule has 2 heterocycles. The third-order valence-electron chi connectivity index (χ3n) is 3.15. The Hall–Kier alpha value is -1.62. The molecular weight excluding hydrogens is 232 g/mol. The van der Waals surface area contributed by atoms with E-state index in [1.165, 1.54) is 6.20 Å². The van der Waals surface area contributed by atoms with E-state index in [9.17, 15) is 4.79 Å². The number of nitrogens with zero attached hydrogens (tertiary/aromatic N) is 1. The summed E-state index contributed by atoms with van der Waals surface area (Å²) in [6.07, 6.45) is 3.34. The lowest BCUT2D eigenvalue weighted by atomic mass is 9.94. The van der Waals surface area contributed by atoms with E-state index in [1.54, 1.807) is 6.07 Å². The summed E-state index contributed by atoms with van der Waals surface area (Å²) in [5.74, 6) is -0.967. The van der Waals surface area contributed by atoms with E-state index in [0.29, 0.717) is 12.3 Å². The van der Waals surface area contributed by atoms with Crippen LogP contribution in [0.4, 0.5) is 5.69 Å². The third-order valence-corrected chi connectivity index (χ3v) is 3.15. The summed E-state index contributed by atoms with van der Waals surface area (Å²) in [7, 11) is 0. The highest BCUT2D eigenvalue weighted by Crippen LogP contribution is 2.26. The van der Waals surface area contributed by atoms with Crippen LogP contribution in [0.25, 0.3) is 0 Å². The van der Waals surface area contributed by atoms with Crippen molar-refractivity contribution < 1.29 is 14.6 Å². The lowest BCUT2D eigenvalue weighted by Crippen LogP contribution is -2.43. The van der Waals surface area contributed by atoms with Crippen molar-refractivity contribution in [1.29, 1.82) is 0 Å². The number of rotatable bonds is 3. The Bertz CT molecular complexity index is 454. The molecule has 2 rings (SSSR count). The number of aromatic nitrogens is 1. The van der Waals surface area contributed by atoms with Crippen molar-refractivity contribution in [2.75, 3.05) is 18.5 Å². The van der Waals surface area contributed by atoms with Crippen LogP contribution >= 0.6 is 0 Å². The van der Waals surface area contributed by atoms with Gasteiger partial charge in [0.15, 0.2) is 0 Å². The Morgan fingerprint density at radius 2 is 2.39 bits per heavy atom. The fourth-order valence-corrected chi connectivity index (χ4v) is 2.19. The highest BCUT2D eigenvalue weighted by Gasteiger charge is 2.28. The number of anilines is 1. The van der Waals surface area contributed by atoms with Crippen LogP contribution in [-0.4, -0.2) is 34.8 Å². The Labute approximate surface area is 106 Å². The number of aryl methyl sites for hydroxylation is 1. The number of aromatic carboxylic acids is 1. The van der Waals surface area contributed by atoms with Crippen molar-refractivity contribution in [3.05, 3.63) is 23.5 Å². The summed E-state index contributed by atoms with van der Waals surface area (Å²) in [5.41, 5.74) is 1.40. The van der Waals surface area contributed by atoms with E-state index < -0.39 is 5.97 Å². The average molecular weight is 250 g/mol. The first-order chi connectivity index (χ1) is 8.50. The quantitative estimate of drug-likeness (QED) is 0.859. The predicted octanol–water partition coefficient (Wildman–Crippen LogP) is 2.07. The van der Waals surface area contributed by atoms with Gasteiger partial charge in [-0.15, -0.1) is 0 Å². The molecule has 1 aliphatic rings. The number of ether oxygens (including phenoxy) is 1. The number of carboxylic acid groups (broad SMARTS) is 1. The monoisotopic (exact) mass is 250 g/mol. The molecule has 0 bridgehead atoms. The molecule has 1 aromatic heterocycles. The fraction of sp³-hybridized carbons (Fsp3) is 0.538.